The molecule has 0 aliphatic carbocycles. The lowest BCUT2D eigenvalue weighted by Crippen LogP contribution is -2.50. The second kappa shape index (κ2) is 9.09. The lowest BCUT2D eigenvalue weighted by Gasteiger charge is -2.34. The molecule has 144 valence electrons. The van der Waals surface area contributed by atoms with E-state index in [1.807, 2.05) is 26.8 Å². The van der Waals surface area contributed by atoms with Gasteiger partial charge in [-0.15, -0.1) is 16.1 Å². The molecule has 1 N–H and O–H groups in total. The first-order valence-electron chi connectivity index (χ1n) is 7.76. The van der Waals surface area contributed by atoms with E-state index in [9.17, 15) is 14.6 Å². The summed E-state index contributed by atoms with van der Waals surface area (Å²) >= 11 is 9.69. The van der Waals surface area contributed by atoms with Crippen molar-refractivity contribution in [2.45, 2.75) is 44.4 Å². The Bertz CT molecular complexity index is 737. The van der Waals surface area contributed by atoms with Gasteiger partial charge in [-0.2, -0.15) is 5.26 Å². The molecule has 26 heavy (non-hydrogen) atoms. The van der Waals surface area contributed by atoms with E-state index < -0.39 is 21.6 Å². The highest BCUT2D eigenvalue weighted by Gasteiger charge is 2.41. The van der Waals surface area contributed by atoms with Crippen molar-refractivity contribution in [1.29, 1.82) is 5.26 Å². The average Bonchev–Trinajstić information content (AvgIpc) is 2.82. The van der Waals surface area contributed by atoms with E-state index in [-0.39, 0.29) is 17.8 Å². The maximum absolute atomic E-state index is 12.7. The summed E-state index contributed by atoms with van der Waals surface area (Å²) in [5.41, 5.74) is -0.943. The summed E-state index contributed by atoms with van der Waals surface area (Å²) in [4.78, 5) is 15.1. The smallest absolute Gasteiger partial charge is 0.177 e. The fraction of sp³-hybridized carbons (Fsp3) is 0.529. The van der Waals surface area contributed by atoms with Crippen molar-refractivity contribution >= 4 is 56.0 Å². The Morgan fingerprint density at radius 2 is 2.08 bits per heavy atom. The molecule has 0 spiro atoms. The number of rotatable bonds is 7. The van der Waals surface area contributed by atoms with Gasteiger partial charge >= 0.3 is 0 Å². The number of hydrogen-bond acceptors (Lipinski definition) is 6. The summed E-state index contributed by atoms with van der Waals surface area (Å²) in [6.45, 7) is 7.31. The molecule has 9 heteroatoms. The number of carbonyl (C=O) groups is 1. The molecule has 0 aromatic carbocycles. The first kappa shape index (κ1) is 23.5. The van der Waals surface area contributed by atoms with Gasteiger partial charge < -0.3 is 9.45 Å². The van der Waals surface area contributed by atoms with Crippen LogP contribution in [0.1, 0.15) is 39.0 Å². The summed E-state index contributed by atoms with van der Waals surface area (Å²) in [7, 11) is 3.48. The first-order valence-corrected chi connectivity index (χ1v) is 10.9. The number of nitrogens with zero attached hydrogens (tertiary/aromatic N) is 2. The van der Waals surface area contributed by atoms with Crippen molar-refractivity contribution in [1.82, 2.24) is 9.62 Å². The molecule has 0 aliphatic heterocycles. The van der Waals surface area contributed by atoms with Gasteiger partial charge in [0.25, 0.3) is 0 Å². The molecule has 1 aromatic heterocycles. The van der Waals surface area contributed by atoms with Crippen LogP contribution in [0.4, 0.5) is 0 Å². The predicted molar refractivity (Wildman–Crippen MR) is 112 cm³/mol. The van der Waals surface area contributed by atoms with Crippen molar-refractivity contribution < 1.29 is 9.35 Å². The minimum absolute atomic E-state index is 0.0383. The van der Waals surface area contributed by atoms with Gasteiger partial charge in [0.1, 0.15) is 21.9 Å². The zero-order valence-electron chi connectivity index (χ0n) is 15.6. The van der Waals surface area contributed by atoms with Crippen molar-refractivity contribution in [2.24, 2.45) is 0 Å². The van der Waals surface area contributed by atoms with Gasteiger partial charge in [0.2, 0.25) is 0 Å². The molecule has 0 fully saturated rings. The van der Waals surface area contributed by atoms with Crippen LogP contribution in [0.2, 0.25) is 5.02 Å². The summed E-state index contributed by atoms with van der Waals surface area (Å²) in [5, 5.41) is 9.78. The SMILES string of the molecule is CN(C)/C=C(\C#N)C(=O)C[C@](C)(N[S@+]([O-])C(C)(C)C)c1sc(Br)cc1Cl. The van der Waals surface area contributed by atoms with E-state index in [2.05, 4.69) is 20.7 Å². The van der Waals surface area contributed by atoms with E-state index >= 15 is 0 Å². The number of nitrogens with one attached hydrogen (secondary N) is 1. The summed E-state index contributed by atoms with van der Waals surface area (Å²) in [6, 6.07) is 3.68. The molecule has 0 unspecified atom stereocenters. The van der Waals surface area contributed by atoms with Gasteiger partial charge in [-0.25, -0.2) is 0 Å². The van der Waals surface area contributed by atoms with E-state index in [1.54, 1.807) is 32.0 Å². The van der Waals surface area contributed by atoms with Crippen molar-refractivity contribution in [3.8, 4) is 6.07 Å². The van der Waals surface area contributed by atoms with Crippen LogP contribution in [0.25, 0.3) is 0 Å². The van der Waals surface area contributed by atoms with Crippen LogP contribution < -0.4 is 4.72 Å². The maximum Gasteiger partial charge on any atom is 0.177 e. The quantitative estimate of drug-likeness (QED) is 0.356. The lowest BCUT2D eigenvalue weighted by molar-refractivity contribution is -0.116. The summed E-state index contributed by atoms with van der Waals surface area (Å²) in [5.74, 6) is -0.345. The number of thiophene rings is 1. The summed E-state index contributed by atoms with van der Waals surface area (Å²) < 4.78 is 16.1. The van der Waals surface area contributed by atoms with Crippen LogP contribution >= 0.6 is 38.9 Å². The maximum atomic E-state index is 12.7. The van der Waals surface area contributed by atoms with Crippen LogP contribution in [0.3, 0.4) is 0 Å². The van der Waals surface area contributed by atoms with Crippen molar-refractivity contribution in [2.75, 3.05) is 14.1 Å². The highest BCUT2D eigenvalue weighted by atomic mass is 79.9. The van der Waals surface area contributed by atoms with Gasteiger partial charge in [-0.05, 0) is 49.7 Å². The van der Waals surface area contributed by atoms with Crippen LogP contribution in [0, 0.1) is 11.3 Å². The Balaban J connectivity index is 3.31. The number of ketones is 1. The lowest BCUT2D eigenvalue weighted by atomic mass is 9.92. The van der Waals surface area contributed by atoms with Crippen molar-refractivity contribution in [3.05, 3.63) is 31.5 Å². The minimum atomic E-state index is -1.43. The standard InChI is InChI=1S/C17H23BrClN3O2S2/c1-16(2,3)26(24)21-17(4,15-12(19)7-14(18)25-15)8-13(23)11(9-20)10-22(5)6/h7,10,21H,8H2,1-6H3/b11-10+/t17-,26+/m0/s1. The van der Waals surface area contributed by atoms with Gasteiger partial charge in [-0.1, -0.05) is 11.6 Å². The average molecular weight is 481 g/mol. The molecule has 1 rings (SSSR count). The minimum Gasteiger partial charge on any atom is -0.598 e. The fourth-order valence-corrected chi connectivity index (χ4v) is 5.25. The van der Waals surface area contributed by atoms with Crippen LogP contribution in [0.5, 0.6) is 0 Å². The Morgan fingerprint density at radius 1 is 1.50 bits per heavy atom. The molecule has 1 heterocycles. The van der Waals surface area contributed by atoms with E-state index in [0.29, 0.717) is 9.90 Å². The summed E-state index contributed by atoms with van der Waals surface area (Å²) in [6.07, 6.45) is 1.43. The number of hydrogen-bond donors (Lipinski definition) is 1. The third-order valence-corrected chi connectivity index (χ3v) is 7.41. The molecule has 5 nitrogen and oxygen atoms in total. The topological polar surface area (TPSA) is 79.2 Å². The normalized spacial score (nSPS) is 15.9. The molecule has 2 atom stereocenters. The second-order valence-corrected chi connectivity index (χ2v) is 12.1. The highest BCUT2D eigenvalue weighted by Crippen LogP contribution is 2.41. The van der Waals surface area contributed by atoms with Crippen LogP contribution in [0.15, 0.2) is 21.6 Å². The van der Waals surface area contributed by atoms with Gasteiger partial charge in [0.15, 0.2) is 5.78 Å². The molecular formula is C17H23BrClN3O2S2. The third kappa shape index (κ3) is 6.25. The molecule has 1 aromatic rings. The number of nitriles is 1. The zero-order valence-corrected chi connectivity index (χ0v) is 19.6. The van der Waals surface area contributed by atoms with E-state index in [4.69, 9.17) is 11.6 Å². The van der Waals surface area contributed by atoms with Gasteiger partial charge in [0, 0.05) is 43.0 Å². The molecule has 0 saturated carbocycles. The van der Waals surface area contributed by atoms with E-state index in [1.165, 1.54) is 17.5 Å². The van der Waals surface area contributed by atoms with Crippen molar-refractivity contribution in [3.63, 3.8) is 0 Å². The number of allylic oxidation sites excluding steroid dienone is 1. The predicted octanol–water partition coefficient (Wildman–Crippen LogP) is 4.36. The fourth-order valence-electron chi connectivity index (χ4n) is 2.08. The zero-order chi connectivity index (χ0) is 20.3. The van der Waals surface area contributed by atoms with E-state index in [0.717, 1.165) is 3.79 Å². The monoisotopic (exact) mass is 479 g/mol. The number of Topliss-reactive ketones (excluding diaryl/α,β-unsaturated/α-hetero) is 1. The molecule has 0 bridgehead atoms. The van der Waals surface area contributed by atoms with Gasteiger partial charge in [-0.3, -0.25) is 4.79 Å². The highest BCUT2D eigenvalue weighted by molar-refractivity contribution is 9.11. The van der Waals surface area contributed by atoms with Crippen LogP contribution in [-0.2, 0) is 21.7 Å². The number of carbonyl (C=O) groups excluding carboxylic acids is 1. The Kier molecular flexibility index (Phi) is 8.21. The largest absolute Gasteiger partial charge is 0.598 e. The van der Waals surface area contributed by atoms with Gasteiger partial charge in [0.05, 0.1) is 8.81 Å². The molecule has 0 aliphatic rings. The number of halogens is 2. The Hall–Kier alpha value is -0.560. The second-order valence-electron chi connectivity index (χ2n) is 7.26. The molecular weight excluding hydrogens is 458 g/mol. The Morgan fingerprint density at radius 3 is 2.46 bits per heavy atom. The molecule has 0 saturated heterocycles. The molecule has 0 amide bonds. The first-order chi connectivity index (χ1) is 11.8. The third-order valence-electron chi connectivity index (χ3n) is 3.35. The van der Waals surface area contributed by atoms with Crippen LogP contribution in [-0.4, -0.2) is 34.1 Å². The molecule has 0 radical (unpaired) electrons. The Labute approximate surface area is 175 Å².